The first-order valence-corrected chi connectivity index (χ1v) is 7.56. The molecule has 0 spiro atoms. The van der Waals surface area contributed by atoms with Gasteiger partial charge in [-0.05, 0) is 35.2 Å². The van der Waals surface area contributed by atoms with Crippen LogP contribution in [-0.2, 0) is 17.8 Å². The van der Waals surface area contributed by atoms with E-state index in [0.717, 1.165) is 12.1 Å². The van der Waals surface area contributed by atoms with Crippen molar-refractivity contribution in [2.45, 2.75) is 31.7 Å². The van der Waals surface area contributed by atoms with Gasteiger partial charge in [0, 0.05) is 31.4 Å². The van der Waals surface area contributed by atoms with Crippen LogP contribution >= 0.6 is 11.3 Å². The molecule has 0 atom stereocenters. The van der Waals surface area contributed by atoms with Gasteiger partial charge in [0.05, 0.1) is 6.42 Å². The molecular weight excluding hydrogens is 258 g/mol. The maximum atomic E-state index is 11.7. The second kappa shape index (κ2) is 5.57. The van der Waals surface area contributed by atoms with Gasteiger partial charge >= 0.3 is 0 Å². The molecule has 4 nitrogen and oxygen atoms in total. The first-order valence-electron chi connectivity index (χ1n) is 6.62. The van der Waals surface area contributed by atoms with Crippen LogP contribution in [0.3, 0.4) is 0 Å². The third kappa shape index (κ3) is 3.23. The van der Waals surface area contributed by atoms with Crippen LogP contribution in [0.4, 0.5) is 0 Å². The number of hydrogen-bond acceptors (Lipinski definition) is 3. The standard InChI is InChI=1S/C14H17N3OS/c18-13(9-11-3-8-19-10-11)15-4-6-17-7-5-16-14(17)12-1-2-12/h3,5,7-8,10,12H,1-2,4,6,9H2,(H,15,18). The van der Waals surface area contributed by atoms with E-state index in [2.05, 4.69) is 14.9 Å². The molecule has 1 aliphatic carbocycles. The second-order valence-corrected chi connectivity index (χ2v) is 5.69. The average Bonchev–Trinajstić information content (AvgIpc) is 2.92. The fraction of sp³-hybridized carbons (Fsp3) is 0.429. The van der Waals surface area contributed by atoms with Gasteiger partial charge in [0.2, 0.25) is 5.91 Å². The maximum Gasteiger partial charge on any atom is 0.224 e. The van der Waals surface area contributed by atoms with Gasteiger partial charge in [0.1, 0.15) is 5.82 Å². The summed E-state index contributed by atoms with van der Waals surface area (Å²) in [6.07, 6.45) is 6.82. The Morgan fingerprint density at radius 2 is 2.42 bits per heavy atom. The zero-order valence-corrected chi connectivity index (χ0v) is 11.5. The lowest BCUT2D eigenvalue weighted by Crippen LogP contribution is -2.28. The van der Waals surface area contributed by atoms with Gasteiger partial charge in [0.15, 0.2) is 0 Å². The fourth-order valence-electron chi connectivity index (χ4n) is 2.17. The Labute approximate surface area is 116 Å². The van der Waals surface area contributed by atoms with Crippen molar-refractivity contribution in [1.82, 2.24) is 14.9 Å². The van der Waals surface area contributed by atoms with E-state index in [1.54, 1.807) is 11.3 Å². The number of carbonyl (C=O) groups excluding carboxylic acids is 1. The topological polar surface area (TPSA) is 46.9 Å². The third-order valence-electron chi connectivity index (χ3n) is 3.31. The minimum Gasteiger partial charge on any atom is -0.354 e. The van der Waals surface area contributed by atoms with Gasteiger partial charge in [-0.25, -0.2) is 4.98 Å². The highest BCUT2D eigenvalue weighted by Gasteiger charge is 2.27. The summed E-state index contributed by atoms with van der Waals surface area (Å²) in [6, 6.07) is 1.99. The summed E-state index contributed by atoms with van der Waals surface area (Å²) >= 11 is 1.62. The molecule has 0 aromatic carbocycles. The van der Waals surface area contributed by atoms with E-state index >= 15 is 0 Å². The van der Waals surface area contributed by atoms with E-state index < -0.39 is 0 Å². The van der Waals surface area contributed by atoms with Crippen molar-refractivity contribution in [2.75, 3.05) is 6.54 Å². The van der Waals surface area contributed by atoms with Crippen molar-refractivity contribution in [3.05, 3.63) is 40.6 Å². The molecule has 1 N–H and O–H groups in total. The normalized spacial score (nSPS) is 14.5. The molecule has 1 fully saturated rings. The Kier molecular flexibility index (Phi) is 3.64. The monoisotopic (exact) mass is 275 g/mol. The molecule has 0 aliphatic heterocycles. The maximum absolute atomic E-state index is 11.7. The Balaban J connectivity index is 1.45. The highest BCUT2D eigenvalue weighted by atomic mass is 32.1. The molecular formula is C14H17N3OS. The first-order chi connectivity index (χ1) is 9.33. The Morgan fingerprint density at radius 3 is 3.16 bits per heavy atom. The molecule has 19 heavy (non-hydrogen) atoms. The number of carbonyl (C=O) groups is 1. The first kappa shape index (κ1) is 12.4. The summed E-state index contributed by atoms with van der Waals surface area (Å²) in [7, 11) is 0. The van der Waals surface area contributed by atoms with Crippen LogP contribution < -0.4 is 5.32 Å². The highest BCUT2D eigenvalue weighted by Crippen LogP contribution is 2.38. The molecule has 0 saturated heterocycles. The van der Waals surface area contributed by atoms with E-state index in [1.807, 2.05) is 29.2 Å². The molecule has 1 saturated carbocycles. The van der Waals surface area contributed by atoms with E-state index in [-0.39, 0.29) is 5.91 Å². The highest BCUT2D eigenvalue weighted by molar-refractivity contribution is 7.07. The SMILES string of the molecule is O=C(Cc1ccsc1)NCCn1ccnc1C1CC1. The molecule has 3 rings (SSSR count). The lowest BCUT2D eigenvalue weighted by atomic mass is 10.2. The minimum atomic E-state index is 0.0893. The van der Waals surface area contributed by atoms with Gasteiger partial charge in [-0.2, -0.15) is 11.3 Å². The van der Waals surface area contributed by atoms with Crippen LogP contribution in [0.25, 0.3) is 0 Å². The van der Waals surface area contributed by atoms with Crippen molar-refractivity contribution < 1.29 is 4.79 Å². The zero-order chi connectivity index (χ0) is 13.1. The molecule has 5 heteroatoms. The van der Waals surface area contributed by atoms with Crippen LogP contribution in [0.5, 0.6) is 0 Å². The van der Waals surface area contributed by atoms with Crippen molar-refractivity contribution in [1.29, 1.82) is 0 Å². The summed E-state index contributed by atoms with van der Waals surface area (Å²) in [5, 5.41) is 6.97. The molecule has 2 aromatic rings. The van der Waals surface area contributed by atoms with Crippen molar-refractivity contribution in [3.63, 3.8) is 0 Å². The van der Waals surface area contributed by atoms with Crippen LogP contribution in [-0.4, -0.2) is 22.0 Å². The van der Waals surface area contributed by atoms with E-state index in [4.69, 9.17) is 0 Å². The van der Waals surface area contributed by atoms with Gasteiger partial charge in [-0.15, -0.1) is 0 Å². The summed E-state index contributed by atoms with van der Waals surface area (Å²) < 4.78 is 2.16. The van der Waals surface area contributed by atoms with E-state index in [1.165, 1.54) is 18.7 Å². The van der Waals surface area contributed by atoms with Gasteiger partial charge in [0.25, 0.3) is 0 Å². The number of nitrogens with zero attached hydrogens (tertiary/aromatic N) is 2. The Bertz CT molecular complexity index is 543. The molecule has 0 bridgehead atoms. The summed E-state index contributed by atoms with van der Waals surface area (Å²) in [5.74, 6) is 1.91. The summed E-state index contributed by atoms with van der Waals surface area (Å²) in [6.45, 7) is 1.47. The van der Waals surface area contributed by atoms with Crippen LogP contribution in [0.15, 0.2) is 29.2 Å². The van der Waals surface area contributed by atoms with Gasteiger partial charge in [-0.1, -0.05) is 0 Å². The Morgan fingerprint density at radius 1 is 1.53 bits per heavy atom. The van der Waals surface area contributed by atoms with E-state index in [0.29, 0.717) is 18.9 Å². The molecule has 0 unspecified atom stereocenters. The fourth-order valence-corrected chi connectivity index (χ4v) is 2.84. The number of imidazole rings is 1. The number of rotatable bonds is 6. The quantitative estimate of drug-likeness (QED) is 0.878. The molecule has 0 radical (unpaired) electrons. The van der Waals surface area contributed by atoms with Crippen LogP contribution in [0, 0.1) is 0 Å². The molecule has 2 heterocycles. The largest absolute Gasteiger partial charge is 0.354 e. The third-order valence-corrected chi connectivity index (χ3v) is 4.04. The van der Waals surface area contributed by atoms with Gasteiger partial charge < -0.3 is 9.88 Å². The zero-order valence-electron chi connectivity index (χ0n) is 10.7. The number of hydrogen-bond donors (Lipinski definition) is 1. The van der Waals surface area contributed by atoms with Crippen molar-refractivity contribution >= 4 is 17.2 Å². The van der Waals surface area contributed by atoms with Gasteiger partial charge in [-0.3, -0.25) is 4.79 Å². The molecule has 1 aliphatic rings. The number of thiophene rings is 1. The number of amides is 1. The average molecular weight is 275 g/mol. The molecule has 1 amide bonds. The van der Waals surface area contributed by atoms with Crippen LogP contribution in [0.1, 0.15) is 30.1 Å². The molecule has 2 aromatic heterocycles. The predicted molar refractivity (Wildman–Crippen MR) is 75.2 cm³/mol. The number of nitrogens with one attached hydrogen (secondary N) is 1. The minimum absolute atomic E-state index is 0.0893. The number of aromatic nitrogens is 2. The lowest BCUT2D eigenvalue weighted by Gasteiger charge is -2.08. The van der Waals surface area contributed by atoms with E-state index in [9.17, 15) is 4.79 Å². The molecule has 100 valence electrons. The Hall–Kier alpha value is -1.62. The summed E-state index contributed by atoms with van der Waals surface area (Å²) in [4.78, 5) is 16.1. The second-order valence-electron chi connectivity index (χ2n) is 4.91. The van der Waals surface area contributed by atoms with Crippen molar-refractivity contribution in [2.24, 2.45) is 0 Å². The van der Waals surface area contributed by atoms with Crippen molar-refractivity contribution in [3.8, 4) is 0 Å². The smallest absolute Gasteiger partial charge is 0.224 e. The predicted octanol–water partition coefficient (Wildman–Crippen LogP) is 2.18. The van der Waals surface area contributed by atoms with Crippen LogP contribution in [0.2, 0.25) is 0 Å². The lowest BCUT2D eigenvalue weighted by molar-refractivity contribution is -0.120. The summed E-state index contributed by atoms with van der Waals surface area (Å²) in [5.41, 5.74) is 1.09.